The summed E-state index contributed by atoms with van der Waals surface area (Å²) in [5.41, 5.74) is 1.79. The number of carbonyl (C=O) groups excluding carboxylic acids is 4. The molecule has 0 atom stereocenters. The summed E-state index contributed by atoms with van der Waals surface area (Å²) in [7, 11) is 0. The smallest absolute Gasteiger partial charge is 0.352 e. The molecule has 25 heavy (non-hydrogen) atoms. The molecular formula is C18H12N2O5. The number of benzene rings is 2. The van der Waals surface area contributed by atoms with E-state index in [0.29, 0.717) is 23.6 Å². The number of amides is 3. The highest BCUT2D eigenvalue weighted by atomic mass is 16.7. The maximum atomic E-state index is 12.3. The predicted molar refractivity (Wildman–Crippen MR) is 84.8 cm³/mol. The van der Waals surface area contributed by atoms with Gasteiger partial charge >= 0.3 is 5.97 Å². The monoisotopic (exact) mass is 336 g/mol. The standard InChI is InChI=1S/C18H12N2O5/c21-15-12-6-5-11(9-10(12)7-8-19-15)18(24)25-20-16(22)13-3-1-2-4-14(13)17(20)23/h1-6,9H,7-8H2,(H,19,21). The van der Waals surface area contributed by atoms with Gasteiger partial charge in [0.25, 0.3) is 17.7 Å². The third-order valence-corrected chi connectivity index (χ3v) is 4.20. The number of hydroxylamine groups is 2. The van der Waals surface area contributed by atoms with E-state index in [1.807, 2.05) is 0 Å². The fraction of sp³-hybridized carbons (Fsp3) is 0.111. The van der Waals surface area contributed by atoms with Crippen LogP contribution in [0.25, 0.3) is 0 Å². The lowest BCUT2D eigenvalue weighted by Crippen LogP contribution is -2.33. The molecule has 7 heteroatoms. The van der Waals surface area contributed by atoms with Gasteiger partial charge in [-0.05, 0) is 42.3 Å². The van der Waals surface area contributed by atoms with Crippen molar-refractivity contribution in [2.24, 2.45) is 0 Å². The van der Waals surface area contributed by atoms with Crippen LogP contribution in [0.1, 0.15) is 47.0 Å². The van der Waals surface area contributed by atoms with Crippen LogP contribution in [-0.2, 0) is 11.3 Å². The Bertz CT molecular complexity index is 915. The highest BCUT2D eigenvalue weighted by Crippen LogP contribution is 2.24. The lowest BCUT2D eigenvalue weighted by Gasteiger charge is -2.17. The molecule has 2 aromatic rings. The van der Waals surface area contributed by atoms with Crippen molar-refractivity contribution >= 4 is 23.7 Å². The number of nitrogens with zero attached hydrogens (tertiary/aromatic N) is 1. The van der Waals surface area contributed by atoms with Gasteiger partial charge in [-0.1, -0.05) is 17.2 Å². The van der Waals surface area contributed by atoms with Gasteiger partial charge in [0.05, 0.1) is 16.7 Å². The van der Waals surface area contributed by atoms with E-state index >= 15 is 0 Å². The molecule has 0 radical (unpaired) electrons. The summed E-state index contributed by atoms with van der Waals surface area (Å²) in [6, 6.07) is 10.8. The molecule has 0 saturated carbocycles. The van der Waals surface area contributed by atoms with E-state index < -0.39 is 17.8 Å². The Kier molecular flexibility index (Phi) is 3.35. The van der Waals surface area contributed by atoms with Gasteiger partial charge < -0.3 is 10.2 Å². The van der Waals surface area contributed by atoms with Crippen LogP contribution >= 0.6 is 0 Å². The first-order valence-corrected chi connectivity index (χ1v) is 7.67. The van der Waals surface area contributed by atoms with E-state index in [4.69, 9.17) is 4.84 Å². The lowest BCUT2D eigenvalue weighted by molar-refractivity contribution is -0.0584. The van der Waals surface area contributed by atoms with Crippen molar-refractivity contribution in [2.45, 2.75) is 6.42 Å². The Balaban J connectivity index is 1.58. The summed E-state index contributed by atoms with van der Waals surface area (Å²) in [4.78, 5) is 53.5. The average molecular weight is 336 g/mol. The molecule has 0 unspecified atom stereocenters. The summed E-state index contributed by atoms with van der Waals surface area (Å²) in [5, 5.41) is 3.19. The van der Waals surface area contributed by atoms with Crippen molar-refractivity contribution in [3.8, 4) is 0 Å². The second kappa shape index (κ2) is 5.55. The number of hydrogen-bond acceptors (Lipinski definition) is 5. The van der Waals surface area contributed by atoms with Gasteiger partial charge in [0.15, 0.2) is 0 Å². The second-order valence-corrected chi connectivity index (χ2v) is 5.71. The molecule has 0 aromatic heterocycles. The fourth-order valence-electron chi connectivity index (χ4n) is 2.94. The molecular weight excluding hydrogens is 324 g/mol. The number of rotatable bonds is 2. The van der Waals surface area contributed by atoms with E-state index in [2.05, 4.69) is 5.32 Å². The predicted octanol–water partition coefficient (Wildman–Crippen LogP) is 1.34. The zero-order chi connectivity index (χ0) is 17.6. The molecule has 2 aliphatic rings. The zero-order valence-corrected chi connectivity index (χ0v) is 12.9. The second-order valence-electron chi connectivity index (χ2n) is 5.71. The highest BCUT2D eigenvalue weighted by molar-refractivity contribution is 6.21. The van der Waals surface area contributed by atoms with Gasteiger partial charge in [0.1, 0.15) is 0 Å². The highest BCUT2D eigenvalue weighted by Gasteiger charge is 2.38. The van der Waals surface area contributed by atoms with Crippen molar-refractivity contribution < 1.29 is 24.0 Å². The van der Waals surface area contributed by atoms with Crippen molar-refractivity contribution in [3.63, 3.8) is 0 Å². The molecule has 3 amide bonds. The molecule has 0 aliphatic carbocycles. The topological polar surface area (TPSA) is 92.8 Å². The largest absolute Gasteiger partial charge is 0.363 e. The third kappa shape index (κ3) is 2.37. The Morgan fingerprint density at radius 1 is 0.960 bits per heavy atom. The molecule has 0 saturated heterocycles. The minimum Gasteiger partial charge on any atom is -0.352 e. The summed E-state index contributed by atoms with van der Waals surface area (Å²) >= 11 is 0. The van der Waals surface area contributed by atoms with E-state index in [1.165, 1.54) is 24.3 Å². The van der Waals surface area contributed by atoms with E-state index in [9.17, 15) is 19.2 Å². The van der Waals surface area contributed by atoms with Crippen molar-refractivity contribution in [3.05, 3.63) is 70.3 Å². The van der Waals surface area contributed by atoms with Gasteiger partial charge in [-0.25, -0.2) is 4.79 Å². The van der Waals surface area contributed by atoms with Crippen LogP contribution in [0.15, 0.2) is 42.5 Å². The minimum absolute atomic E-state index is 0.171. The summed E-state index contributed by atoms with van der Waals surface area (Å²) in [5.74, 6) is -2.37. The van der Waals surface area contributed by atoms with Crippen LogP contribution in [0.2, 0.25) is 0 Å². The van der Waals surface area contributed by atoms with Crippen molar-refractivity contribution in [1.82, 2.24) is 10.4 Å². The van der Waals surface area contributed by atoms with Gasteiger partial charge in [0, 0.05) is 12.1 Å². The number of fused-ring (bicyclic) bond motifs is 2. The van der Waals surface area contributed by atoms with Crippen LogP contribution in [0.5, 0.6) is 0 Å². The van der Waals surface area contributed by atoms with Gasteiger partial charge in [-0.2, -0.15) is 0 Å². The quantitative estimate of drug-likeness (QED) is 0.836. The number of hydrogen-bond donors (Lipinski definition) is 1. The SMILES string of the molecule is O=C(ON1C(=O)c2ccccc2C1=O)c1ccc2c(c1)CCNC2=O. The molecule has 1 N–H and O–H groups in total. The van der Waals surface area contributed by atoms with Gasteiger partial charge in [-0.15, -0.1) is 0 Å². The van der Waals surface area contributed by atoms with Crippen LogP contribution in [0.3, 0.4) is 0 Å². The van der Waals surface area contributed by atoms with Crippen molar-refractivity contribution in [1.29, 1.82) is 0 Å². The average Bonchev–Trinajstić information content (AvgIpc) is 2.87. The summed E-state index contributed by atoms with van der Waals surface area (Å²) in [6.07, 6.45) is 0.592. The normalized spacial score (nSPS) is 15.5. The molecule has 124 valence electrons. The molecule has 2 heterocycles. The summed E-state index contributed by atoms with van der Waals surface area (Å²) < 4.78 is 0. The maximum Gasteiger partial charge on any atom is 0.363 e. The first-order valence-electron chi connectivity index (χ1n) is 7.67. The number of nitrogens with one attached hydrogen (secondary N) is 1. The molecule has 0 spiro atoms. The Morgan fingerprint density at radius 3 is 2.32 bits per heavy atom. The lowest BCUT2D eigenvalue weighted by atomic mass is 9.98. The van der Waals surface area contributed by atoms with E-state index in [1.54, 1.807) is 18.2 Å². The zero-order valence-electron chi connectivity index (χ0n) is 12.9. The molecule has 2 aromatic carbocycles. The number of carbonyl (C=O) groups is 4. The van der Waals surface area contributed by atoms with Gasteiger partial charge in [0.2, 0.25) is 0 Å². The van der Waals surface area contributed by atoms with E-state index in [0.717, 1.165) is 5.56 Å². The molecule has 7 nitrogen and oxygen atoms in total. The first kappa shape index (κ1) is 15.1. The summed E-state index contributed by atoms with van der Waals surface area (Å²) in [6.45, 7) is 0.489. The maximum absolute atomic E-state index is 12.3. The Labute approximate surface area is 142 Å². The fourth-order valence-corrected chi connectivity index (χ4v) is 2.94. The molecule has 4 rings (SSSR count). The minimum atomic E-state index is -0.830. The van der Waals surface area contributed by atoms with Crippen LogP contribution in [-0.4, -0.2) is 35.3 Å². The number of imide groups is 1. The van der Waals surface area contributed by atoms with Crippen molar-refractivity contribution in [2.75, 3.05) is 6.54 Å². The van der Waals surface area contributed by atoms with Crippen LogP contribution in [0.4, 0.5) is 0 Å². The van der Waals surface area contributed by atoms with Crippen LogP contribution < -0.4 is 5.32 Å². The first-order chi connectivity index (χ1) is 12.1. The molecule has 2 aliphatic heterocycles. The Morgan fingerprint density at radius 2 is 1.64 bits per heavy atom. The Hall–Kier alpha value is -3.48. The molecule has 0 fully saturated rings. The van der Waals surface area contributed by atoms with E-state index in [-0.39, 0.29) is 22.6 Å². The third-order valence-electron chi connectivity index (χ3n) is 4.20. The van der Waals surface area contributed by atoms with Crippen LogP contribution in [0, 0.1) is 0 Å². The van der Waals surface area contributed by atoms with Gasteiger partial charge in [-0.3, -0.25) is 14.4 Å². The molecule has 0 bridgehead atoms.